The van der Waals surface area contributed by atoms with E-state index in [1.807, 2.05) is 66.7 Å². The van der Waals surface area contributed by atoms with E-state index in [0.717, 1.165) is 16.9 Å². The van der Waals surface area contributed by atoms with Gasteiger partial charge in [0.05, 0.1) is 12.0 Å². The third-order valence-corrected chi connectivity index (χ3v) is 4.07. The topological polar surface area (TPSA) is 59.3 Å². The molecule has 28 heavy (non-hydrogen) atoms. The van der Waals surface area contributed by atoms with Gasteiger partial charge in [-0.15, -0.1) is 0 Å². The van der Waals surface area contributed by atoms with E-state index >= 15 is 0 Å². The van der Waals surface area contributed by atoms with Crippen molar-refractivity contribution in [2.45, 2.75) is 12.8 Å². The molecule has 1 N–H and O–H groups in total. The van der Waals surface area contributed by atoms with Crippen LogP contribution in [-0.4, -0.2) is 11.7 Å². The van der Waals surface area contributed by atoms with Crippen molar-refractivity contribution < 1.29 is 14.0 Å². The smallest absolute Gasteiger partial charge is 0.248 e. The molecule has 0 aliphatic rings. The zero-order valence-corrected chi connectivity index (χ0v) is 15.4. The van der Waals surface area contributed by atoms with Gasteiger partial charge in [-0.3, -0.25) is 9.59 Å². The van der Waals surface area contributed by atoms with E-state index in [2.05, 4.69) is 5.32 Å². The molecule has 0 fully saturated rings. The van der Waals surface area contributed by atoms with Gasteiger partial charge in [0, 0.05) is 18.9 Å². The Morgan fingerprint density at radius 1 is 0.857 bits per heavy atom. The molecule has 0 spiro atoms. The number of hydrogen-bond donors (Lipinski definition) is 1. The van der Waals surface area contributed by atoms with E-state index in [1.165, 1.54) is 6.08 Å². The Morgan fingerprint density at radius 2 is 1.54 bits per heavy atom. The lowest BCUT2D eigenvalue weighted by atomic mass is 10.1. The molecule has 4 nitrogen and oxygen atoms in total. The van der Waals surface area contributed by atoms with Crippen LogP contribution in [0.25, 0.3) is 12.2 Å². The lowest BCUT2D eigenvalue weighted by Crippen LogP contribution is -2.26. The fraction of sp³-hybridized carbons (Fsp3) is 0.0833. The standard InChI is InChI=1S/C24H21NO3/c26-23(15-14-21-12-7-17-28-21)22(18-20-10-5-2-6-11-20)25-24(27)16-13-19-8-3-1-4-9-19/h1-13,16-18H,14-15H2,(H,25,27)/b16-13+,22-18-. The Hall–Kier alpha value is -3.66. The summed E-state index contributed by atoms with van der Waals surface area (Å²) in [5.74, 6) is 0.238. The number of allylic oxidation sites excluding steroid dienone is 1. The number of amides is 1. The third-order valence-electron chi connectivity index (χ3n) is 4.07. The first-order chi connectivity index (χ1) is 13.7. The number of aryl methyl sites for hydroxylation is 1. The fourth-order valence-corrected chi connectivity index (χ4v) is 2.64. The number of Topliss-reactive ketones (excluding diaryl/α,β-unsaturated/α-hetero) is 1. The van der Waals surface area contributed by atoms with Crippen molar-refractivity contribution in [2.24, 2.45) is 0 Å². The van der Waals surface area contributed by atoms with Gasteiger partial charge in [-0.1, -0.05) is 60.7 Å². The highest BCUT2D eigenvalue weighted by molar-refractivity contribution is 6.05. The van der Waals surface area contributed by atoms with Crippen molar-refractivity contribution in [2.75, 3.05) is 0 Å². The van der Waals surface area contributed by atoms with Gasteiger partial charge < -0.3 is 9.73 Å². The second kappa shape index (κ2) is 9.88. The molecule has 0 bridgehead atoms. The third kappa shape index (κ3) is 5.95. The number of hydrogen-bond acceptors (Lipinski definition) is 3. The van der Waals surface area contributed by atoms with Crippen LogP contribution in [0.1, 0.15) is 23.3 Å². The maximum absolute atomic E-state index is 12.7. The number of nitrogens with one attached hydrogen (secondary N) is 1. The lowest BCUT2D eigenvalue weighted by molar-refractivity contribution is -0.120. The quantitative estimate of drug-likeness (QED) is 0.586. The normalized spacial score (nSPS) is 11.5. The van der Waals surface area contributed by atoms with Crippen molar-refractivity contribution in [3.8, 4) is 0 Å². The monoisotopic (exact) mass is 371 g/mol. The summed E-state index contributed by atoms with van der Waals surface area (Å²) in [4.78, 5) is 25.0. The molecule has 0 aliphatic heterocycles. The Balaban J connectivity index is 1.72. The van der Waals surface area contributed by atoms with Crippen LogP contribution in [0.15, 0.2) is 95.2 Å². The minimum Gasteiger partial charge on any atom is -0.469 e. The van der Waals surface area contributed by atoms with Crippen LogP contribution in [0.2, 0.25) is 0 Å². The van der Waals surface area contributed by atoms with E-state index < -0.39 is 0 Å². The van der Waals surface area contributed by atoms with E-state index in [-0.39, 0.29) is 23.8 Å². The first-order valence-electron chi connectivity index (χ1n) is 9.07. The maximum atomic E-state index is 12.7. The maximum Gasteiger partial charge on any atom is 0.248 e. The van der Waals surface area contributed by atoms with E-state index in [0.29, 0.717) is 6.42 Å². The highest BCUT2D eigenvalue weighted by Crippen LogP contribution is 2.11. The molecule has 3 rings (SSSR count). The first-order valence-corrected chi connectivity index (χ1v) is 9.07. The highest BCUT2D eigenvalue weighted by Gasteiger charge is 2.13. The average Bonchev–Trinajstić information content (AvgIpc) is 3.25. The Bertz CT molecular complexity index is 956. The summed E-state index contributed by atoms with van der Waals surface area (Å²) in [7, 11) is 0. The number of rotatable bonds is 8. The van der Waals surface area contributed by atoms with Gasteiger partial charge in [0.2, 0.25) is 5.91 Å². The molecule has 2 aromatic carbocycles. The molecule has 4 heteroatoms. The zero-order chi connectivity index (χ0) is 19.6. The zero-order valence-electron chi connectivity index (χ0n) is 15.4. The molecule has 140 valence electrons. The first kappa shape index (κ1) is 19.1. The van der Waals surface area contributed by atoms with E-state index in [1.54, 1.807) is 24.5 Å². The van der Waals surface area contributed by atoms with Crippen LogP contribution < -0.4 is 5.32 Å². The van der Waals surface area contributed by atoms with Crippen molar-refractivity contribution >= 4 is 23.8 Å². The number of carbonyl (C=O) groups excluding carboxylic acids is 2. The molecule has 0 saturated carbocycles. The molecule has 1 heterocycles. The lowest BCUT2D eigenvalue weighted by Gasteiger charge is -2.08. The summed E-state index contributed by atoms with van der Waals surface area (Å²) in [5, 5.41) is 2.72. The van der Waals surface area contributed by atoms with Crippen molar-refractivity contribution in [3.05, 3.63) is 108 Å². The number of carbonyl (C=O) groups is 2. The molecular weight excluding hydrogens is 350 g/mol. The summed E-state index contributed by atoms with van der Waals surface area (Å²) in [5.41, 5.74) is 2.02. The summed E-state index contributed by atoms with van der Waals surface area (Å²) in [6.07, 6.45) is 7.13. The molecule has 0 radical (unpaired) electrons. The number of furan rings is 1. The molecule has 1 aromatic heterocycles. The van der Waals surface area contributed by atoms with Crippen molar-refractivity contribution in [3.63, 3.8) is 0 Å². The SMILES string of the molecule is O=C(/C=C/c1ccccc1)N/C(=C\c1ccccc1)C(=O)CCc1ccco1. The van der Waals surface area contributed by atoms with Gasteiger partial charge in [0.15, 0.2) is 5.78 Å². The second-order valence-corrected chi connectivity index (χ2v) is 6.20. The summed E-state index contributed by atoms with van der Waals surface area (Å²) in [6, 6.07) is 22.6. The molecular formula is C24H21NO3. The highest BCUT2D eigenvalue weighted by atomic mass is 16.3. The summed E-state index contributed by atoms with van der Waals surface area (Å²) >= 11 is 0. The van der Waals surface area contributed by atoms with E-state index in [4.69, 9.17) is 4.42 Å². The predicted molar refractivity (Wildman–Crippen MR) is 110 cm³/mol. The largest absolute Gasteiger partial charge is 0.469 e. The van der Waals surface area contributed by atoms with Gasteiger partial charge in [-0.2, -0.15) is 0 Å². The van der Waals surface area contributed by atoms with E-state index in [9.17, 15) is 9.59 Å². The summed E-state index contributed by atoms with van der Waals surface area (Å²) < 4.78 is 5.28. The minimum absolute atomic E-state index is 0.151. The molecule has 0 unspecified atom stereocenters. The van der Waals surface area contributed by atoms with Crippen LogP contribution in [-0.2, 0) is 16.0 Å². The number of ketones is 1. The molecule has 0 atom stereocenters. The summed E-state index contributed by atoms with van der Waals surface area (Å²) in [6.45, 7) is 0. The Morgan fingerprint density at radius 3 is 2.18 bits per heavy atom. The van der Waals surface area contributed by atoms with Crippen LogP contribution >= 0.6 is 0 Å². The van der Waals surface area contributed by atoms with Crippen molar-refractivity contribution in [1.82, 2.24) is 5.32 Å². The van der Waals surface area contributed by atoms with Gasteiger partial charge in [0.25, 0.3) is 0 Å². The Labute approximate surface area is 164 Å². The van der Waals surface area contributed by atoms with Crippen LogP contribution in [0.3, 0.4) is 0 Å². The fourth-order valence-electron chi connectivity index (χ4n) is 2.64. The molecule has 0 saturated heterocycles. The van der Waals surface area contributed by atoms with Gasteiger partial charge in [-0.05, 0) is 35.4 Å². The van der Waals surface area contributed by atoms with Gasteiger partial charge in [0.1, 0.15) is 5.76 Å². The predicted octanol–water partition coefficient (Wildman–Crippen LogP) is 4.65. The van der Waals surface area contributed by atoms with Crippen LogP contribution in [0.4, 0.5) is 0 Å². The van der Waals surface area contributed by atoms with Gasteiger partial charge >= 0.3 is 0 Å². The second-order valence-electron chi connectivity index (χ2n) is 6.20. The van der Waals surface area contributed by atoms with Crippen LogP contribution in [0, 0.1) is 0 Å². The molecule has 3 aromatic rings. The van der Waals surface area contributed by atoms with Crippen molar-refractivity contribution in [1.29, 1.82) is 0 Å². The number of benzene rings is 2. The molecule has 0 aliphatic carbocycles. The Kier molecular flexibility index (Phi) is 6.74. The van der Waals surface area contributed by atoms with Gasteiger partial charge in [-0.25, -0.2) is 0 Å². The minimum atomic E-state index is -0.350. The molecule has 1 amide bonds. The average molecular weight is 371 g/mol. The van der Waals surface area contributed by atoms with Crippen LogP contribution in [0.5, 0.6) is 0 Å².